The Kier molecular flexibility index (Phi) is 9.05. The second-order valence-electron chi connectivity index (χ2n) is 11.5. The average Bonchev–Trinajstić information content (AvgIpc) is 3.01. The Labute approximate surface area is 253 Å². The smallest absolute Gasteiger partial charge is 0.425 e. The number of morpholine rings is 1. The summed E-state index contributed by atoms with van der Waals surface area (Å²) in [6, 6.07) is 6.89. The predicted molar refractivity (Wildman–Crippen MR) is 167 cm³/mol. The van der Waals surface area contributed by atoms with Crippen LogP contribution in [-0.4, -0.2) is 67.5 Å². The zero-order chi connectivity index (χ0) is 30.6. The summed E-state index contributed by atoms with van der Waals surface area (Å²) in [5.41, 5.74) is 2.26. The number of rotatable bonds is 8. The Balaban J connectivity index is 1.47. The number of ether oxygens (including phenoxy) is 4. The number of nitrogens with one attached hydrogen (secondary N) is 1. The first kappa shape index (κ1) is 30.2. The fourth-order valence-electron chi connectivity index (χ4n) is 5.73. The standard InChI is InChI=1S/C33H41N5O5/c1-22-9-8-15-33(3,4)30(22)43-32(39)38(27-13-12-24(40-5)21-28(27)41-6)29-14-16-34-31(36-29)35-25-10-7-11-26(23(25)2)37-17-19-42-20-18-37/h7-14,16,21,23,25H,15,17-20H2,1-6H3,(H,34,35,36). The third-order valence-electron chi connectivity index (χ3n) is 8.10. The van der Waals surface area contributed by atoms with Gasteiger partial charge < -0.3 is 29.2 Å². The van der Waals surface area contributed by atoms with Gasteiger partial charge in [-0.2, -0.15) is 4.98 Å². The third kappa shape index (κ3) is 6.54. The van der Waals surface area contributed by atoms with Crippen LogP contribution in [0.15, 0.2) is 77.9 Å². The van der Waals surface area contributed by atoms with E-state index >= 15 is 0 Å². The zero-order valence-corrected chi connectivity index (χ0v) is 25.8. The minimum atomic E-state index is -0.602. The van der Waals surface area contributed by atoms with Crippen LogP contribution >= 0.6 is 0 Å². The van der Waals surface area contributed by atoms with Crippen LogP contribution in [0.3, 0.4) is 0 Å². The van der Waals surface area contributed by atoms with Gasteiger partial charge in [-0.25, -0.2) is 14.7 Å². The van der Waals surface area contributed by atoms with E-state index in [1.165, 1.54) is 10.6 Å². The van der Waals surface area contributed by atoms with Crippen molar-refractivity contribution in [3.8, 4) is 11.5 Å². The molecule has 2 aliphatic carbocycles. The Morgan fingerprint density at radius 2 is 1.95 bits per heavy atom. The molecule has 1 N–H and O–H groups in total. The summed E-state index contributed by atoms with van der Waals surface area (Å²) in [5.74, 6) is 2.55. The molecule has 2 heterocycles. The molecule has 10 nitrogen and oxygen atoms in total. The molecule has 1 fully saturated rings. The van der Waals surface area contributed by atoms with E-state index in [0.717, 1.165) is 38.3 Å². The largest absolute Gasteiger partial charge is 0.497 e. The summed E-state index contributed by atoms with van der Waals surface area (Å²) in [6.07, 6.45) is 12.2. The highest BCUT2D eigenvalue weighted by Gasteiger charge is 2.34. The molecule has 1 saturated heterocycles. The van der Waals surface area contributed by atoms with Crippen LogP contribution in [0.1, 0.15) is 34.1 Å². The van der Waals surface area contributed by atoms with Gasteiger partial charge in [-0.15, -0.1) is 0 Å². The van der Waals surface area contributed by atoms with Crippen LogP contribution in [0, 0.1) is 11.3 Å². The number of hydrogen-bond acceptors (Lipinski definition) is 9. The highest BCUT2D eigenvalue weighted by Crippen LogP contribution is 2.41. The van der Waals surface area contributed by atoms with Crippen molar-refractivity contribution < 1.29 is 23.7 Å². The first-order chi connectivity index (χ1) is 20.7. The molecule has 3 aliphatic rings. The Morgan fingerprint density at radius 3 is 2.67 bits per heavy atom. The molecule has 1 aromatic heterocycles. The maximum absolute atomic E-state index is 14.1. The van der Waals surface area contributed by atoms with E-state index in [4.69, 9.17) is 23.9 Å². The van der Waals surface area contributed by atoms with E-state index < -0.39 is 6.09 Å². The summed E-state index contributed by atoms with van der Waals surface area (Å²) in [6.45, 7) is 11.4. The normalized spacial score (nSPS) is 21.3. The molecule has 0 saturated carbocycles. The van der Waals surface area contributed by atoms with Gasteiger partial charge in [0.2, 0.25) is 5.95 Å². The number of aromatic nitrogens is 2. The van der Waals surface area contributed by atoms with Gasteiger partial charge in [0.25, 0.3) is 0 Å². The summed E-state index contributed by atoms with van der Waals surface area (Å²) in [5, 5.41) is 3.48. The van der Waals surface area contributed by atoms with Gasteiger partial charge in [-0.1, -0.05) is 45.1 Å². The van der Waals surface area contributed by atoms with Crippen LogP contribution in [0.25, 0.3) is 0 Å². The summed E-state index contributed by atoms with van der Waals surface area (Å²) < 4.78 is 22.8. The molecule has 0 bridgehead atoms. The van der Waals surface area contributed by atoms with E-state index in [2.05, 4.69) is 60.3 Å². The number of methoxy groups -OCH3 is 2. The first-order valence-electron chi connectivity index (χ1n) is 14.6. The number of carbonyl (C=O) groups excluding carboxylic acids is 1. The monoisotopic (exact) mass is 587 g/mol. The van der Waals surface area contributed by atoms with E-state index in [1.54, 1.807) is 44.7 Å². The lowest BCUT2D eigenvalue weighted by Gasteiger charge is -2.37. The molecule has 1 amide bonds. The lowest BCUT2D eigenvalue weighted by atomic mass is 9.81. The van der Waals surface area contributed by atoms with Crippen LogP contribution in [0.5, 0.6) is 11.5 Å². The molecule has 0 spiro atoms. The van der Waals surface area contributed by atoms with Gasteiger partial charge >= 0.3 is 6.09 Å². The minimum absolute atomic E-state index is 0.0448. The van der Waals surface area contributed by atoms with Crippen molar-refractivity contribution >= 4 is 23.5 Å². The molecule has 228 valence electrons. The van der Waals surface area contributed by atoms with Crippen LogP contribution < -0.4 is 19.7 Å². The number of hydrogen-bond donors (Lipinski definition) is 1. The molecule has 1 aliphatic heterocycles. The molecule has 43 heavy (non-hydrogen) atoms. The van der Waals surface area contributed by atoms with Crippen LogP contribution in [0.4, 0.5) is 22.2 Å². The van der Waals surface area contributed by atoms with Gasteiger partial charge in [0.1, 0.15) is 23.1 Å². The highest BCUT2D eigenvalue weighted by atomic mass is 16.6. The number of nitrogens with zero attached hydrogens (tertiary/aromatic N) is 4. The second-order valence-corrected chi connectivity index (χ2v) is 11.5. The number of carbonyl (C=O) groups is 1. The number of anilines is 3. The number of allylic oxidation sites excluding steroid dienone is 6. The van der Waals surface area contributed by atoms with Crippen LogP contribution in [0.2, 0.25) is 0 Å². The lowest BCUT2D eigenvalue weighted by Crippen LogP contribution is -2.41. The molecule has 2 aromatic rings. The van der Waals surface area contributed by atoms with Crippen molar-refractivity contribution in [2.24, 2.45) is 11.3 Å². The Hall–Kier alpha value is -4.31. The van der Waals surface area contributed by atoms with Gasteiger partial charge in [0.05, 0.1) is 39.2 Å². The molecule has 2 unspecified atom stereocenters. The minimum Gasteiger partial charge on any atom is -0.497 e. The average molecular weight is 588 g/mol. The maximum Gasteiger partial charge on any atom is 0.425 e. The molecular formula is C33H41N5O5. The summed E-state index contributed by atoms with van der Waals surface area (Å²) in [7, 11) is 3.13. The van der Waals surface area contributed by atoms with Gasteiger partial charge in [-0.05, 0) is 37.1 Å². The van der Waals surface area contributed by atoms with Crippen molar-refractivity contribution in [3.05, 3.63) is 77.9 Å². The number of benzene rings is 1. The number of amides is 1. The van der Waals surface area contributed by atoms with E-state index in [0.29, 0.717) is 34.7 Å². The quantitative estimate of drug-likeness (QED) is 0.385. The van der Waals surface area contributed by atoms with Crippen molar-refractivity contribution in [2.75, 3.05) is 50.7 Å². The van der Waals surface area contributed by atoms with E-state index in [9.17, 15) is 4.79 Å². The van der Waals surface area contributed by atoms with Crippen molar-refractivity contribution in [1.82, 2.24) is 14.9 Å². The van der Waals surface area contributed by atoms with Gasteiger partial charge in [-0.3, -0.25) is 0 Å². The topological polar surface area (TPSA) is 98.3 Å². The maximum atomic E-state index is 14.1. The van der Waals surface area contributed by atoms with Crippen molar-refractivity contribution in [2.45, 2.75) is 40.2 Å². The summed E-state index contributed by atoms with van der Waals surface area (Å²) >= 11 is 0. The zero-order valence-electron chi connectivity index (χ0n) is 25.8. The molecule has 2 atom stereocenters. The SMILES string of the molecule is COc1ccc(N(C(=O)OC2=C(C)C=CCC2(C)C)c2ccnc(NC3C=CC=C(N4CCOCC4)C3C)n2)c(OC)c1. The molecule has 0 radical (unpaired) electrons. The Morgan fingerprint density at radius 1 is 1.16 bits per heavy atom. The van der Waals surface area contributed by atoms with E-state index in [-0.39, 0.29) is 17.4 Å². The van der Waals surface area contributed by atoms with Crippen molar-refractivity contribution in [3.63, 3.8) is 0 Å². The fourth-order valence-corrected chi connectivity index (χ4v) is 5.73. The van der Waals surface area contributed by atoms with Gasteiger partial charge in [0, 0.05) is 48.4 Å². The molecule has 1 aromatic carbocycles. The Bertz CT molecular complexity index is 1460. The first-order valence-corrected chi connectivity index (χ1v) is 14.6. The van der Waals surface area contributed by atoms with Crippen molar-refractivity contribution in [1.29, 1.82) is 0 Å². The molecular weight excluding hydrogens is 546 g/mol. The summed E-state index contributed by atoms with van der Waals surface area (Å²) in [4.78, 5) is 27.2. The predicted octanol–water partition coefficient (Wildman–Crippen LogP) is 6.23. The molecule has 5 rings (SSSR count). The van der Waals surface area contributed by atoms with Gasteiger partial charge in [0.15, 0.2) is 0 Å². The fraction of sp³-hybridized carbons (Fsp3) is 0.424. The lowest BCUT2D eigenvalue weighted by molar-refractivity contribution is 0.0486. The second kappa shape index (κ2) is 12.9. The highest BCUT2D eigenvalue weighted by molar-refractivity contribution is 5.97. The van der Waals surface area contributed by atoms with E-state index in [1.807, 2.05) is 13.0 Å². The third-order valence-corrected chi connectivity index (χ3v) is 8.10. The van der Waals surface area contributed by atoms with Crippen LogP contribution in [-0.2, 0) is 9.47 Å². The molecule has 10 heteroatoms.